The number of hydrogen-bond acceptors (Lipinski definition) is 2. The fourth-order valence-corrected chi connectivity index (χ4v) is 3.92. The summed E-state index contributed by atoms with van der Waals surface area (Å²) in [6.07, 6.45) is -3.73. The first kappa shape index (κ1) is 20.6. The molecule has 30 heavy (non-hydrogen) atoms. The SMILES string of the molecule is FC(F)(F)c1cccc(CCOC2CN(C(c3ccccc3)c3ccccc3)C2)c1. The van der Waals surface area contributed by atoms with Gasteiger partial charge in [-0.3, -0.25) is 4.90 Å². The molecule has 0 saturated carbocycles. The highest BCUT2D eigenvalue weighted by Crippen LogP contribution is 2.33. The molecular formula is C25H24F3NO. The third kappa shape index (κ3) is 4.91. The molecule has 0 unspecified atom stereocenters. The minimum absolute atomic E-state index is 0.103. The van der Waals surface area contributed by atoms with Gasteiger partial charge in [0.05, 0.1) is 24.3 Å². The van der Waals surface area contributed by atoms with Crippen molar-refractivity contribution in [2.75, 3.05) is 19.7 Å². The van der Waals surface area contributed by atoms with Gasteiger partial charge in [-0.15, -0.1) is 0 Å². The summed E-state index contributed by atoms with van der Waals surface area (Å²) in [5.74, 6) is 0. The summed E-state index contributed by atoms with van der Waals surface area (Å²) in [6, 6.07) is 26.4. The van der Waals surface area contributed by atoms with E-state index in [1.165, 1.54) is 23.3 Å². The Balaban J connectivity index is 1.33. The first-order valence-electron chi connectivity index (χ1n) is 10.1. The summed E-state index contributed by atoms with van der Waals surface area (Å²) in [5.41, 5.74) is 2.52. The number of nitrogens with zero attached hydrogens (tertiary/aromatic N) is 1. The zero-order valence-electron chi connectivity index (χ0n) is 16.6. The summed E-state index contributed by atoms with van der Waals surface area (Å²) in [5, 5.41) is 0. The van der Waals surface area contributed by atoms with Crippen molar-refractivity contribution in [2.45, 2.75) is 24.7 Å². The molecule has 0 aliphatic carbocycles. The maximum Gasteiger partial charge on any atom is 0.416 e. The van der Waals surface area contributed by atoms with Crippen molar-refractivity contribution >= 4 is 0 Å². The van der Waals surface area contributed by atoms with Crippen LogP contribution >= 0.6 is 0 Å². The van der Waals surface area contributed by atoms with Crippen LogP contribution < -0.4 is 0 Å². The molecule has 1 aliphatic rings. The zero-order valence-corrected chi connectivity index (χ0v) is 16.6. The molecule has 5 heteroatoms. The highest BCUT2D eigenvalue weighted by Gasteiger charge is 2.34. The van der Waals surface area contributed by atoms with E-state index in [0.29, 0.717) is 18.6 Å². The molecule has 0 bridgehead atoms. The number of likely N-dealkylation sites (tertiary alicyclic amines) is 1. The third-order valence-corrected chi connectivity index (χ3v) is 5.47. The second-order valence-corrected chi connectivity index (χ2v) is 7.62. The molecule has 0 atom stereocenters. The third-order valence-electron chi connectivity index (χ3n) is 5.47. The molecule has 0 aromatic heterocycles. The van der Waals surface area contributed by atoms with E-state index in [-0.39, 0.29) is 12.1 Å². The topological polar surface area (TPSA) is 12.5 Å². The monoisotopic (exact) mass is 411 g/mol. The van der Waals surface area contributed by atoms with Gasteiger partial charge >= 0.3 is 6.18 Å². The molecule has 3 aromatic carbocycles. The van der Waals surface area contributed by atoms with Crippen LogP contribution in [0.2, 0.25) is 0 Å². The highest BCUT2D eigenvalue weighted by molar-refractivity contribution is 5.32. The zero-order chi connectivity index (χ0) is 21.0. The van der Waals surface area contributed by atoms with Gasteiger partial charge in [0.1, 0.15) is 0 Å². The predicted molar refractivity (Wildman–Crippen MR) is 111 cm³/mol. The summed E-state index contributed by atoms with van der Waals surface area (Å²) in [6.45, 7) is 2.02. The van der Waals surface area contributed by atoms with E-state index in [9.17, 15) is 13.2 Å². The van der Waals surface area contributed by atoms with E-state index in [2.05, 4.69) is 29.2 Å². The van der Waals surface area contributed by atoms with Crippen LogP contribution in [-0.2, 0) is 17.3 Å². The van der Waals surface area contributed by atoms with Gasteiger partial charge in [0.25, 0.3) is 0 Å². The molecule has 1 saturated heterocycles. The normalized spacial score (nSPS) is 15.3. The number of benzene rings is 3. The molecule has 0 N–H and O–H groups in total. The van der Waals surface area contributed by atoms with Crippen LogP contribution in [0.3, 0.4) is 0 Å². The minimum Gasteiger partial charge on any atom is -0.375 e. The van der Waals surface area contributed by atoms with Gasteiger partial charge in [0.2, 0.25) is 0 Å². The number of alkyl halides is 3. The van der Waals surface area contributed by atoms with Crippen LogP contribution in [0.25, 0.3) is 0 Å². The number of ether oxygens (including phenoxy) is 1. The van der Waals surface area contributed by atoms with Gasteiger partial charge in [-0.2, -0.15) is 13.2 Å². The molecule has 4 rings (SSSR count). The number of halogens is 3. The second-order valence-electron chi connectivity index (χ2n) is 7.62. The molecule has 0 radical (unpaired) electrons. The van der Waals surface area contributed by atoms with Crippen molar-refractivity contribution in [1.29, 1.82) is 0 Å². The lowest BCUT2D eigenvalue weighted by Crippen LogP contribution is -2.53. The Labute approximate surface area is 174 Å². The lowest BCUT2D eigenvalue weighted by molar-refractivity contribution is -0.137. The highest BCUT2D eigenvalue weighted by atomic mass is 19.4. The molecule has 1 heterocycles. The van der Waals surface area contributed by atoms with Crippen LogP contribution in [0.4, 0.5) is 13.2 Å². The van der Waals surface area contributed by atoms with Crippen molar-refractivity contribution in [3.05, 3.63) is 107 Å². The first-order valence-corrected chi connectivity index (χ1v) is 10.1. The summed E-state index contributed by atoms with van der Waals surface area (Å²) in [4.78, 5) is 2.37. The largest absolute Gasteiger partial charge is 0.416 e. The molecule has 3 aromatic rings. The fraction of sp³-hybridized carbons (Fsp3) is 0.280. The van der Waals surface area contributed by atoms with Crippen LogP contribution in [0.15, 0.2) is 84.9 Å². The summed E-state index contributed by atoms with van der Waals surface area (Å²) < 4.78 is 44.5. The van der Waals surface area contributed by atoms with Crippen molar-refractivity contribution in [1.82, 2.24) is 4.90 Å². The molecule has 2 nitrogen and oxygen atoms in total. The van der Waals surface area contributed by atoms with E-state index in [1.54, 1.807) is 6.07 Å². The van der Waals surface area contributed by atoms with Gasteiger partial charge in [0.15, 0.2) is 0 Å². The van der Waals surface area contributed by atoms with Crippen molar-refractivity contribution in [3.63, 3.8) is 0 Å². The van der Waals surface area contributed by atoms with Gasteiger partial charge in [-0.1, -0.05) is 78.9 Å². The first-order chi connectivity index (χ1) is 14.5. The second kappa shape index (κ2) is 9.02. The Morgan fingerprint density at radius 1 is 0.833 bits per heavy atom. The van der Waals surface area contributed by atoms with Gasteiger partial charge < -0.3 is 4.74 Å². The molecular weight excluding hydrogens is 387 g/mol. The molecule has 1 aliphatic heterocycles. The molecule has 0 spiro atoms. The Morgan fingerprint density at radius 3 is 2.00 bits per heavy atom. The van der Waals surface area contributed by atoms with Gasteiger partial charge in [-0.05, 0) is 29.2 Å². The van der Waals surface area contributed by atoms with E-state index in [1.807, 2.05) is 36.4 Å². The maximum absolute atomic E-state index is 12.8. The van der Waals surface area contributed by atoms with Crippen LogP contribution in [0.1, 0.15) is 28.3 Å². The fourth-order valence-electron chi connectivity index (χ4n) is 3.92. The average Bonchev–Trinajstić information content (AvgIpc) is 2.73. The lowest BCUT2D eigenvalue weighted by atomic mass is 9.94. The van der Waals surface area contributed by atoms with Crippen LogP contribution in [0.5, 0.6) is 0 Å². The number of hydrogen-bond donors (Lipinski definition) is 0. The van der Waals surface area contributed by atoms with Crippen molar-refractivity contribution < 1.29 is 17.9 Å². The lowest BCUT2D eigenvalue weighted by Gasteiger charge is -2.44. The van der Waals surface area contributed by atoms with E-state index >= 15 is 0 Å². The Morgan fingerprint density at radius 2 is 1.43 bits per heavy atom. The average molecular weight is 411 g/mol. The van der Waals surface area contributed by atoms with Gasteiger partial charge in [0, 0.05) is 13.1 Å². The van der Waals surface area contributed by atoms with E-state index < -0.39 is 11.7 Å². The van der Waals surface area contributed by atoms with Crippen molar-refractivity contribution in [3.8, 4) is 0 Å². The van der Waals surface area contributed by atoms with Crippen LogP contribution in [-0.4, -0.2) is 30.7 Å². The molecule has 156 valence electrons. The molecule has 0 amide bonds. The quantitative estimate of drug-likeness (QED) is 0.492. The maximum atomic E-state index is 12.8. The number of rotatable bonds is 7. The van der Waals surface area contributed by atoms with Crippen molar-refractivity contribution in [2.24, 2.45) is 0 Å². The minimum atomic E-state index is -4.31. The predicted octanol–water partition coefficient (Wildman–Crippen LogP) is 5.74. The molecule has 1 fully saturated rings. The summed E-state index contributed by atoms with van der Waals surface area (Å²) >= 11 is 0. The smallest absolute Gasteiger partial charge is 0.375 e. The van der Waals surface area contributed by atoms with Gasteiger partial charge in [-0.25, -0.2) is 0 Å². The Kier molecular flexibility index (Phi) is 6.21. The van der Waals surface area contributed by atoms with E-state index in [0.717, 1.165) is 19.2 Å². The van der Waals surface area contributed by atoms with Crippen LogP contribution in [0, 0.1) is 0 Å². The summed E-state index contributed by atoms with van der Waals surface area (Å²) in [7, 11) is 0. The Hall–Kier alpha value is -2.63. The van der Waals surface area contributed by atoms with E-state index in [4.69, 9.17) is 4.74 Å². The Bertz CT molecular complexity index is 898. The standard InChI is InChI=1S/C25H24F3NO/c26-25(27,28)22-13-7-8-19(16-22)14-15-30-23-17-29(18-23)24(20-9-3-1-4-10-20)21-11-5-2-6-12-21/h1-13,16,23-24H,14-15,17-18H2.